The first-order valence-electron chi connectivity index (χ1n) is 8.32. The number of benzene rings is 1. The maximum absolute atomic E-state index is 11.4. The largest absolute Gasteiger partial charge is 0.378 e. The van der Waals surface area contributed by atoms with Crippen molar-refractivity contribution in [1.29, 1.82) is 0 Å². The van der Waals surface area contributed by atoms with E-state index in [9.17, 15) is 4.79 Å². The summed E-state index contributed by atoms with van der Waals surface area (Å²) in [5.74, 6) is -0.521. The van der Waals surface area contributed by atoms with Crippen molar-refractivity contribution in [3.8, 4) is 10.6 Å². The molecule has 4 aromatic rings. The van der Waals surface area contributed by atoms with E-state index in [1.165, 1.54) is 11.3 Å². The van der Waals surface area contributed by atoms with Gasteiger partial charge in [-0.3, -0.25) is 20.0 Å². The maximum Gasteiger partial charge on any atom is 0.284 e. The molecule has 3 N–H and O–H groups in total. The lowest BCUT2D eigenvalue weighted by molar-refractivity contribution is 0.0711. The molecular weight excluding hydrogens is 360 g/mol. The van der Waals surface area contributed by atoms with Crippen LogP contribution in [0, 0.1) is 0 Å². The lowest BCUT2D eigenvalue weighted by Crippen LogP contribution is -2.16. The third-order valence-corrected chi connectivity index (χ3v) is 5.18. The minimum absolute atomic E-state index is 0.430. The smallest absolute Gasteiger partial charge is 0.284 e. The normalized spacial score (nSPS) is 10.7. The average Bonchev–Trinajstić information content (AvgIpc) is 3.22. The number of nitrogens with one attached hydrogen (secondary N) is 2. The van der Waals surface area contributed by atoms with E-state index in [1.54, 1.807) is 17.7 Å². The van der Waals surface area contributed by atoms with Crippen LogP contribution in [0.2, 0.25) is 0 Å². The molecule has 0 aliphatic rings. The fraction of sp³-hybridized carbons (Fsp3) is 0.0500. The molecule has 7 heteroatoms. The monoisotopic (exact) mass is 376 g/mol. The summed E-state index contributed by atoms with van der Waals surface area (Å²) < 4.78 is 0. The molecule has 0 saturated heterocycles. The summed E-state index contributed by atoms with van der Waals surface area (Å²) in [5.41, 5.74) is 5.22. The first-order valence-corrected chi connectivity index (χ1v) is 9.14. The van der Waals surface area contributed by atoms with Crippen molar-refractivity contribution in [2.45, 2.75) is 6.54 Å². The lowest BCUT2D eigenvalue weighted by atomic mass is 10.2. The number of hydrogen-bond donors (Lipinski definition) is 3. The van der Waals surface area contributed by atoms with E-state index >= 15 is 0 Å². The van der Waals surface area contributed by atoms with E-state index in [4.69, 9.17) is 5.21 Å². The molecule has 6 nitrogen and oxygen atoms in total. The molecular formula is C20H16N4O2S. The molecule has 0 aliphatic heterocycles. The Morgan fingerprint density at radius 1 is 1.04 bits per heavy atom. The Morgan fingerprint density at radius 2 is 1.93 bits per heavy atom. The van der Waals surface area contributed by atoms with Crippen molar-refractivity contribution in [3.63, 3.8) is 0 Å². The minimum Gasteiger partial charge on any atom is -0.378 e. The van der Waals surface area contributed by atoms with Gasteiger partial charge in [-0.25, -0.2) is 5.48 Å². The Morgan fingerprint density at radius 3 is 2.74 bits per heavy atom. The number of carbonyl (C=O) groups excluding carboxylic acids is 1. The summed E-state index contributed by atoms with van der Waals surface area (Å²) in [6, 6.07) is 19.4. The number of hydrogen-bond acceptors (Lipinski definition) is 6. The number of anilines is 1. The highest BCUT2D eigenvalue weighted by Crippen LogP contribution is 2.27. The summed E-state index contributed by atoms with van der Waals surface area (Å²) >= 11 is 1.27. The summed E-state index contributed by atoms with van der Waals surface area (Å²) in [5, 5.41) is 13.1. The van der Waals surface area contributed by atoms with Gasteiger partial charge in [-0.15, -0.1) is 11.3 Å². The molecule has 1 aromatic carbocycles. The second-order valence-corrected chi connectivity index (χ2v) is 6.97. The van der Waals surface area contributed by atoms with Gasteiger partial charge in [-0.1, -0.05) is 24.3 Å². The molecule has 0 aliphatic carbocycles. The molecule has 0 radical (unpaired) electrons. The topological polar surface area (TPSA) is 87.1 Å². The van der Waals surface area contributed by atoms with E-state index in [-0.39, 0.29) is 0 Å². The van der Waals surface area contributed by atoms with Gasteiger partial charge < -0.3 is 5.32 Å². The molecule has 27 heavy (non-hydrogen) atoms. The Balaban J connectivity index is 1.44. The number of aromatic nitrogens is 2. The summed E-state index contributed by atoms with van der Waals surface area (Å²) in [7, 11) is 0. The highest BCUT2D eigenvalue weighted by Gasteiger charge is 2.10. The predicted octanol–water partition coefficient (Wildman–Crippen LogP) is 4.09. The first-order chi connectivity index (χ1) is 13.2. The number of pyridine rings is 2. The van der Waals surface area contributed by atoms with Gasteiger partial charge in [0.1, 0.15) is 0 Å². The second kappa shape index (κ2) is 7.53. The van der Waals surface area contributed by atoms with Gasteiger partial charge in [0.25, 0.3) is 5.91 Å². The van der Waals surface area contributed by atoms with Gasteiger partial charge in [0, 0.05) is 5.39 Å². The minimum atomic E-state index is -0.521. The van der Waals surface area contributed by atoms with Gasteiger partial charge in [0.05, 0.1) is 45.1 Å². The molecule has 0 fully saturated rings. The SMILES string of the molecule is O=C(NO)c1ccc(-c2ccc(NCc3ccc4ccccc4n3)cn2)s1. The van der Waals surface area contributed by atoms with Crippen LogP contribution >= 0.6 is 11.3 Å². The number of fused-ring (bicyclic) bond motifs is 1. The number of thiophene rings is 1. The molecule has 134 valence electrons. The van der Waals surface area contributed by atoms with Gasteiger partial charge in [-0.05, 0) is 36.4 Å². The standard InChI is InChI=1S/C20H16N4O2S/c25-20(24-26)19-10-9-18(27-19)17-8-7-14(11-22-17)21-12-15-6-5-13-3-1-2-4-16(13)23-15/h1-11,21,26H,12H2,(H,24,25). The van der Waals surface area contributed by atoms with E-state index in [2.05, 4.69) is 21.4 Å². The summed E-state index contributed by atoms with van der Waals surface area (Å²) in [4.78, 5) is 21.8. The van der Waals surface area contributed by atoms with Crippen molar-refractivity contribution < 1.29 is 10.0 Å². The quantitative estimate of drug-likeness (QED) is 0.361. The summed E-state index contributed by atoms with van der Waals surface area (Å²) in [6.07, 6.45) is 1.75. The molecule has 0 bridgehead atoms. The zero-order valence-corrected chi connectivity index (χ0v) is 15.0. The third kappa shape index (κ3) is 3.79. The zero-order chi connectivity index (χ0) is 18.6. The fourth-order valence-electron chi connectivity index (χ4n) is 2.70. The Kier molecular flexibility index (Phi) is 4.78. The Hall–Kier alpha value is -3.29. The van der Waals surface area contributed by atoms with Crippen molar-refractivity contribution in [3.05, 3.63) is 77.4 Å². The molecule has 0 unspecified atom stereocenters. The zero-order valence-electron chi connectivity index (χ0n) is 14.2. The lowest BCUT2D eigenvalue weighted by Gasteiger charge is -2.07. The Bertz CT molecular complexity index is 1090. The molecule has 4 rings (SSSR count). The number of hydroxylamine groups is 1. The molecule has 0 spiro atoms. The van der Waals surface area contributed by atoms with Crippen molar-refractivity contribution in [2.75, 3.05) is 5.32 Å². The van der Waals surface area contributed by atoms with Crippen LogP contribution in [0.3, 0.4) is 0 Å². The van der Waals surface area contributed by atoms with Gasteiger partial charge in [-0.2, -0.15) is 0 Å². The highest BCUT2D eigenvalue weighted by molar-refractivity contribution is 7.17. The van der Waals surface area contributed by atoms with Crippen LogP contribution in [0.15, 0.2) is 66.9 Å². The van der Waals surface area contributed by atoms with Gasteiger partial charge in [0.2, 0.25) is 0 Å². The number of rotatable bonds is 5. The van der Waals surface area contributed by atoms with Crippen LogP contribution < -0.4 is 10.8 Å². The van der Waals surface area contributed by atoms with Crippen molar-refractivity contribution in [2.24, 2.45) is 0 Å². The third-order valence-electron chi connectivity index (χ3n) is 4.08. The second-order valence-electron chi connectivity index (χ2n) is 5.89. The van der Waals surface area contributed by atoms with Crippen molar-refractivity contribution in [1.82, 2.24) is 15.4 Å². The number of carbonyl (C=O) groups is 1. The Labute approximate surface area is 159 Å². The summed E-state index contributed by atoms with van der Waals surface area (Å²) in [6.45, 7) is 0.603. The predicted molar refractivity (Wildman–Crippen MR) is 106 cm³/mol. The van der Waals surface area contributed by atoms with Gasteiger partial charge >= 0.3 is 0 Å². The van der Waals surface area contributed by atoms with Crippen LogP contribution in [0.1, 0.15) is 15.4 Å². The van der Waals surface area contributed by atoms with Crippen LogP contribution in [-0.4, -0.2) is 21.1 Å². The maximum atomic E-state index is 11.4. The number of amides is 1. The average molecular weight is 376 g/mol. The van der Waals surface area contributed by atoms with Crippen LogP contribution in [0.4, 0.5) is 5.69 Å². The molecule has 3 aromatic heterocycles. The van der Waals surface area contributed by atoms with Gasteiger partial charge in [0.15, 0.2) is 0 Å². The fourth-order valence-corrected chi connectivity index (χ4v) is 3.57. The van der Waals surface area contributed by atoms with Crippen molar-refractivity contribution >= 4 is 33.8 Å². The molecule has 0 saturated carbocycles. The van der Waals surface area contributed by atoms with Crippen LogP contribution in [0.5, 0.6) is 0 Å². The van der Waals surface area contributed by atoms with Crippen LogP contribution in [-0.2, 0) is 6.54 Å². The first kappa shape index (κ1) is 17.1. The highest BCUT2D eigenvalue weighted by atomic mass is 32.1. The van der Waals surface area contributed by atoms with E-state index in [1.807, 2.05) is 48.5 Å². The molecule has 1 amide bonds. The number of nitrogens with zero attached hydrogens (tertiary/aromatic N) is 2. The number of para-hydroxylation sites is 1. The van der Waals surface area contributed by atoms with E-state index < -0.39 is 5.91 Å². The molecule has 0 atom stereocenters. The molecule has 3 heterocycles. The van der Waals surface area contributed by atoms with E-state index in [0.29, 0.717) is 11.4 Å². The van der Waals surface area contributed by atoms with Crippen LogP contribution in [0.25, 0.3) is 21.5 Å². The van der Waals surface area contributed by atoms with E-state index in [0.717, 1.165) is 32.9 Å².